The summed E-state index contributed by atoms with van der Waals surface area (Å²) in [6, 6.07) is 17.6. The van der Waals surface area contributed by atoms with Gasteiger partial charge in [0.1, 0.15) is 11.5 Å². The number of phenolic OH excluding ortho intramolecular Hbond substituents is 1. The number of nitrogens with one attached hydrogen (secondary N) is 1. The summed E-state index contributed by atoms with van der Waals surface area (Å²) >= 11 is 1.64. The first-order valence-corrected chi connectivity index (χ1v) is 9.24. The molecule has 0 fully saturated rings. The van der Waals surface area contributed by atoms with Crippen molar-refractivity contribution in [3.05, 3.63) is 60.0 Å². The molecular formula is C21H18N2O3S. The first-order valence-electron chi connectivity index (χ1n) is 8.36. The lowest BCUT2D eigenvalue weighted by Gasteiger charge is -2.10. The molecule has 4 aromatic rings. The van der Waals surface area contributed by atoms with Gasteiger partial charge in [0.2, 0.25) is 5.75 Å². The number of H-pyrrole nitrogens is 1. The summed E-state index contributed by atoms with van der Waals surface area (Å²) in [7, 11) is 3.01. The molecule has 0 bridgehead atoms. The van der Waals surface area contributed by atoms with Crippen LogP contribution in [0.2, 0.25) is 0 Å². The normalized spacial score (nSPS) is 10.7. The highest BCUT2D eigenvalue weighted by Crippen LogP contribution is 2.41. The zero-order valence-electron chi connectivity index (χ0n) is 14.9. The standard InChI is InChI=1S/C21H18N2O3S/c1-25-15-11-14(12-16(26-2)20(15)24)21-22-18(13-7-4-3-5-8-13)19(23-21)17-9-6-10-27-17/h3-12,24H,1-2H3,(H,22,23). The lowest BCUT2D eigenvalue weighted by atomic mass is 10.1. The summed E-state index contributed by atoms with van der Waals surface area (Å²) in [4.78, 5) is 9.35. The molecule has 2 heterocycles. The van der Waals surface area contributed by atoms with Crippen molar-refractivity contribution < 1.29 is 14.6 Å². The van der Waals surface area contributed by atoms with E-state index in [-0.39, 0.29) is 5.75 Å². The van der Waals surface area contributed by atoms with E-state index in [0.29, 0.717) is 17.3 Å². The number of ether oxygens (including phenoxy) is 2. The highest BCUT2D eigenvalue weighted by molar-refractivity contribution is 7.13. The van der Waals surface area contributed by atoms with Gasteiger partial charge in [-0.25, -0.2) is 4.98 Å². The first kappa shape index (κ1) is 17.2. The Hall–Kier alpha value is -3.25. The van der Waals surface area contributed by atoms with Gasteiger partial charge < -0.3 is 19.6 Å². The number of nitrogens with zero attached hydrogens (tertiary/aromatic N) is 1. The minimum absolute atomic E-state index is 0.0305. The van der Waals surface area contributed by atoms with Crippen molar-refractivity contribution in [2.45, 2.75) is 0 Å². The van der Waals surface area contributed by atoms with Gasteiger partial charge in [-0.15, -0.1) is 11.3 Å². The Morgan fingerprint density at radius 2 is 1.63 bits per heavy atom. The highest BCUT2D eigenvalue weighted by atomic mass is 32.1. The molecule has 0 atom stereocenters. The van der Waals surface area contributed by atoms with E-state index >= 15 is 0 Å². The second-order valence-electron chi connectivity index (χ2n) is 5.88. The van der Waals surface area contributed by atoms with Crippen LogP contribution in [0.3, 0.4) is 0 Å². The summed E-state index contributed by atoms with van der Waals surface area (Å²) in [5.74, 6) is 1.31. The van der Waals surface area contributed by atoms with Crippen LogP contribution in [0.25, 0.3) is 33.2 Å². The Balaban J connectivity index is 1.91. The number of thiophene rings is 1. The smallest absolute Gasteiger partial charge is 0.200 e. The molecule has 27 heavy (non-hydrogen) atoms. The molecule has 0 aliphatic rings. The molecule has 136 valence electrons. The molecule has 2 N–H and O–H groups in total. The van der Waals surface area contributed by atoms with Gasteiger partial charge in [0.25, 0.3) is 0 Å². The van der Waals surface area contributed by atoms with Crippen LogP contribution in [0.15, 0.2) is 60.0 Å². The number of phenols is 1. The minimum Gasteiger partial charge on any atom is -0.502 e. The maximum absolute atomic E-state index is 10.2. The molecule has 0 amide bonds. The van der Waals surface area contributed by atoms with Crippen LogP contribution in [0.5, 0.6) is 17.2 Å². The molecule has 5 nitrogen and oxygen atoms in total. The molecule has 0 saturated heterocycles. The van der Waals surface area contributed by atoms with E-state index in [1.54, 1.807) is 23.5 Å². The van der Waals surface area contributed by atoms with Crippen LogP contribution in [-0.2, 0) is 0 Å². The first-order chi connectivity index (χ1) is 13.2. The van der Waals surface area contributed by atoms with Crippen molar-refractivity contribution in [2.75, 3.05) is 14.2 Å². The van der Waals surface area contributed by atoms with Crippen LogP contribution in [0.4, 0.5) is 0 Å². The van der Waals surface area contributed by atoms with E-state index in [9.17, 15) is 5.11 Å². The van der Waals surface area contributed by atoms with E-state index in [1.165, 1.54) is 14.2 Å². The Kier molecular flexibility index (Phi) is 4.56. The third kappa shape index (κ3) is 3.15. The van der Waals surface area contributed by atoms with Crippen molar-refractivity contribution in [3.63, 3.8) is 0 Å². The molecule has 0 aliphatic heterocycles. The fourth-order valence-electron chi connectivity index (χ4n) is 2.95. The largest absolute Gasteiger partial charge is 0.502 e. The van der Waals surface area contributed by atoms with Crippen LogP contribution >= 0.6 is 11.3 Å². The van der Waals surface area contributed by atoms with Crippen LogP contribution in [0, 0.1) is 0 Å². The van der Waals surface area contributed by atoms with Crippen molar-refractivity contribution >= 4 is 11.3 Å². The van der Waals surface area contributed by atoms with E-state index in [4.69, 9.17) is 14.5 Å². The quantitative estimate of drug-likeness (QED) is 0.501. The molecule has 2 aromatic heterocycles. The van der Waals surface area contributed by atoms with E-state index in [0.717, 1.165) is 27.4 Å². The summed E-state index contributed by atoms with van der Waals surface area (Å²) in [5, 5.41) is 12.2. The summed E-state index contributed by atoms with van der Waals surface area (Å²) in [5.41, 5.74) is 3.65. The minimum atomic E-state index is -0.0305. The number of hydrogen-bond donors (Lipinski definition) is 2. The van der Waals surface area contributed by atoms with Gasteiger partial charge in [-0.2, -0.15) is 0 Å². The molecule has 2 aromatic carbocycles. The van der Waals surface area contributed by atoms with E-state index < -0.39 is 0 Å². The summed E-state index contributed by atoms with van der Waals surface area (Å²) in [6.07, 6.45) is 0. The Morgan fingerprint density at radius 3 is 2.22 bits per heavy atom. The summed E-state index contributed by atoms with van der Waals surface area (Å²) in [6.45, 7) is 0. The molecule has 0 saturated carbocycles. The van der Waals surface area contributed by atoms with E-state index in [2.05, 4.69) is 11.1 Å². The van der Waals surface area contributed by atoms with E-state index in [1.807, 2.05) is 41.8 Å². The number of aromatic hydroxyl groups is 1. The third-order valence-corrected chi connectivity index (χ3v) is 5.15. The lowest BCUT2D eigenvalue weighted by Crippen LogP contribution is -1.91. The van der Waals surface area contributed by atoms with Gasteiger partial charge >= 0.3 is 0 Å². The molecule has 0 aliphatic carbocycles. The van der Waals surface area contributed by atoms with Gasteiger partial charge in [0.05, 0.1) is 24.8 Å². The maximum atomic E-state index is 10.2. The fourth-order valence-corrected chi connectivity index (χ4v) is 3.67. The zero-order chi connectivity index (χ0) is 18.8. The Labute approximate surface area is 160 Å². The SMILES string of the molecule is COc1cc(-c2nc(-c3cccs3)c(-c3ccccc3)[nH]2)cc(OC)c1O. The van der Waals surface area contributed by atoms with Gasteiger partial charge in [-0.3, -0.25) is 0 Å². The van der Waals surface area contributed by atoms with Crippen molar-refractivity contribution in [2.24, 2.45) is 0 Å². The number of imidazole rings is 1. The van der Waals surface area contributed by atoms with Crippen molar-refractivity contribution in [3.8, 4) is 50.5 Å². The Morgan fingerprint density at radius 1 is 0.926 bits per heavy atom. The number of rotatable bonds is 5. The molecular weight excluding hydrogens is 360 g/mol. The topological polar surface area (TPSA) is 67.4 Å². The second-order valence-corrected chi connectivity index (χ2v) is 6.83. The predicted octanol–water partition coefficient (Wildman–Crippen LogP) is 5.20. The third-order valence-electron chi connectivity index (χ3n) is 4.27. The summed E-state index contributed by atoms with van der Waals surface area (Å²) < 4.78 is 10.5. The van der Waals surface area contributed by atoms with Gasteiger partial charge in [-0.1, -0.05) is 36.4 Å². The molecule has 6 heteroatoms. The zero-order valence-corrected chi connectivity index (χ0v) is 15.7. The van der Waals surface area contributed by atoms with Crippen LogP contribution in [-0.4, -0.2) is 29.3 Å². The number of benzene rings is 2. The van der Waals surface area contributed by atoms with Crippen LogP contribution in [0.1, 0.15) is 0 Å². The molecule has 0 unspecified atom stereocenters. The predicted molar refractivity (Wildman–Crippen MR) is 108 cm³/mol. The molecule has 0 spiro atoms. The number of aromatic amines is 1. The Bertz CT molecular complexity index is 1030. The molecule has 4 rings (SSSR count). The number of aromatic nitrogens is 2. The average molecular weight is 378 g/mol. The maximum Gasteiger partial charge on any atom is 0.200 e. The van der Waals surface area contributed by atoms with Crippen LogP contribution < -0.4 is 9.47 Å². The molecule has 0 radical (unpaired) electrons. The number of hydrogen-bond acceptors (Lipinski definition) is 5. The monoisotopic (exact) mass is 378 g/mol. The fraction of sp³-hybridized carbons (Fsp3) is 0.0952. The van der Waals surface area contributed by atoms with Gasteiger partial charge in [-0.05, 0) is 23.6 Å². The lowest BCUT2D eigenvalue weighted by molar-refractivity contribution is 0.340. The van der Waals surface area contributed by atoms with Gasteiger partial charge in [0.15, 0.2) is 11.5 Å². The van der Waals surface area contributed by atoms with Gasteiger partial charge in [0, 0.05) is 11.1 Å². The van der Waals surface area contributed by atoms with Crippen molar-refractivity contribution in [1.29, 1.82) is 0 Å². The second kappa shape index (κ2) is 7.17. The van der Waals surface area contributed by atoms with Crippen molar-refractivity contribution in [1.82, 2.24) is 9.97 Å². The highest BCUT2D eigenvalue weighted by Gasteiger charge is 2.19. The number of methoxy groups -OCH3 is 2. The average Bonchev–Trinajstić information content (AvgIpc) is 3.38.